The fourth-order valence-corrected chi connectivity index (χ4v) is 3.44. The third-order valence-electron chi connectivity index (χ3n) is 4.61. The number of nitro benzene ring substituents is 1. The van der Waals surface area contributed by atoms with Crippen molar-refractivity contribution in [2.75, 3.05) is 13.1 Å². The van der Waals surface area contributed by atoms with Crippen LogP contribution in [0.3, 0.4) is 0 Å². The minimum atomic E-state index is -4.30. The number of nitrogens with zero attached hydrogens (tertiary/aromatic N) is 4. The first-order valence-electron chi connectivity index (χ1n) is 7.82. The van der Waals surface area contributed by atoms with E-state index in [1.165, 1.54) is 39.3 Å². The van der Waals surface area contributed by atoms with Gasteiger partial charge in [-0.3, -0.25) is 24.1 Å². The minimum absolute atomic E-state index is 0.0768. The van der Waals surface area contributed by atoms with Crippen LogP contribution in [-0.4, -0.2) is 44.3 Å². The molecule has 1 atom stereocenters. The van der Waals surface area contributed by atoms with E-state index in [0.29, 0.717) is 30.4 Å². The number of nitro groups is 1. The van der Waals surface area contributed by atoms with Crippen LogP contribution in [0.15, 0.2) is 23.0 Å². The summed E-state index contributed by atoms with van der Waals surface area (Å²) in [4.78, 5) is 24.2. The quantitative estimate of drug-likeness (QED) is 0.621. The van der Waals surface area contributed by atoms with Crippen LogP contribution in [0.4, 0.5) is 18.9 Å². The second-order valence-electron chi connectivity index (χ2n) is 6.26. The fourth-order valence-electron chi connectivity index (χ4n) is 3.44. The van der Waals surface area contributed by atoms with E-state index in [1.54, 1.807) is 0 Å². The average molecular weight is 358 g/mol. The highest BCUT2D eigenvalue weighted by atomic mass is 19.4. The predicted molar refractivity (Wildman–Crippen MR) is 84.5 cm³/mol. The SMILES string of the molecule is Cn1c(=O)n(CC2CCCN2CC(F)(F)F)c2cc([N+](=O)[O-])ccc21. The van der Waals surface area contributed by atoms with Crippen LogP contribution >= 0.6 is 0 Å². The molecule has 1 aliphatic rings. The van der Waals surface area contributed by atoms with Crippen LogP contribution in [-0.2, 0) is 13.6 Å². The van der Waals surface area contributed by atoms with E-state index in [1.807, 2.05) is 0 Å². The molecule has 7 nitrogen and oxygen atoms in total. The van der Waals surface area contributed by atoms with E-state index >= 15 is 0 Å². The number of halogens is 3. The van der Waals surface area contributed by atoms with E-state index in [2.05, 4.69) is 0 Å². The maximum atomic E-state index is 12.7. The number of benzene rings is 1. The monoisotopic (exact) mass is 358 g/mol. The van der Waals surface area contributed by atoms with Crippen LogP contribution < -0.4 is 5.69 Å². The molecule has 1 fully saturated rings. The van der Waals surface area contributed by atoms with Gasteiger partial charge in [-0.15, -0.1) is 0 Å². The van der Waals surface area contributed by atoms with Gasteiger partial charge in [-0.25, -0.2) is 4.79 Å². The van der Waals surface area contributed by atoms with Gasteiger partial charge in [-0.2, -0.15) is 13.2 Å². The number of aromatic nitrogens is 2. The van der Waals surface area contributed by atoms with Crippen LogP contribution in [0.25, 0.3) is 11.0 Å². The molecule has 3 rings (SSSR count). The average Bonchev–Trinajstić information content (AvgIpc) is 3.04. The lowest BCUT2D eigenvalue weighted by atomic mass is 10.2. The third-order valence-corrected chi connectivity index (χ3v) is 4.61. The second kappa shape index (κ2) is 6.17. The Hall–Kier alpha value is -2.36. The van der Waals surface area contributed by atoms with E-state index in [4.69, 9.17) is 0 Å². The third kappa shape index (κ3) is 3.39. The Kier molecular flexibility index (Phi) is 4.31. The van der Waals surface area contributed by atoms with E-state index in [0.717, 1.165) is 0 Å². The molecule has 1 saturated heterocycles. The molecule has 0 saturated carbocycles. The number of fused-ring (bicyclic) bond motifs is 1. The number of rotatable bonds is 4. The Morgan fingerprint density at radius 3 is 2.68 bits per heavy atom. The molecule has 0 radical (unpaired) electrons. The summed E-state index contributed by atoms with van der Waals surface area (Å²) in [6.45, 7) is -0.616. The number of hydrogen-bond acceptors (Lipinski definition) is 4. The van der Waals surface area contributed by atoms with Crippen molar-refractivity contribution >= 4 is 16.7 Å². The van der Waals surface area contributed by atoms with Gasteiger partial charge in [0, 0.05) is 31.8 Å². The number of likely N-dealkylation sites (tertiary alicyclic amines) is 1. The summed E-state index contributed by atoms with van der Waals surface area (Å²) < 4.78 is 40.8. The Balaban J connectivity index is 1.98. The van der Waals surface area contributed by atoms with E-state index in [9.17, 15) is 28.1 Å². The van der Waals surface area contributed by atoms with Crippen LogP contribution in [0.1, 0.15) is 12.8 Å². The maximum absolute atomic E-state index is 12.7. The Morgan fingerprint density at radius 2 is 2.04 bits per heavy atom. The molecule has 0 amide bonds. The summed E-state index contributed by atoms with van der Waals surface area (Å²) in [6.07, 6.45) is -3.13. The topological polar surface area (TPSA) is 73.3 Å². The zero-order valence-electron chi connectivity index (χ0n) is 13.5. The summed E-state index contributed by atoms with van der Waals surface area (Å²) >= 11 is 0. The van der Waals surface area contributed by atoms with Gasteiger partial charge in [0.1, 0.15) is 0 Å². The molecule has 1 aliphatic heterocycles. The zero-order chi connectivity index (χ0) is 18.4. The van der Waals surface area contributed by atoms with Gasteiger partial charge in [0.15, 0.2) is 0 Å². The molecular formula is C15H17F3N4O3. The standard InChI is InChI=1S/C15H17F3N4O3/c1-19-12-5-4-10(22(24)25)7-13(12)21(14(19)23)8-11-3-2-6-20(11)9-15(16,17)18/h4-5,7,11H,2-3,6,8-9H2,1H3. The van der Waals surface area contributed by atoms with Gasteiger partial charge in [-0.05, 0) is 25.5 Å². The van der Waals surface area contributed by atoms with Crippen LogP contribution in [0.5, 0.6) is 0 Å². The Morgan fingerprint density at radius 1 is 1.32 bits per heavy atom. The van der Waals surface area contributed by atoms with Crippen molar-refractivity contribution in [1.82, 2.24) is 14.0 Å². The largest absolute Gasteiger partial charge is 0.401 e. The number of imidazole rings is 1. The van der Waals surface area contributed by atoms with Crippen molar-refractivity contribution in [2.45, 2.75) is 31.6 Å². The molecule has 2 aromatic rings. The summed E-state index contributed by atoms with van der Waals surface area (Å²) in [5.41, 5.74) is 0.316. The zero-order valence-corrected chi connectivity index (χ0v) is 13.5. The highest BCUT2D eigenvalue weighted by Gasteiger charge is 2.36. The first kappa shape index (κ1) is 17.5. The smallest absolute Gasteiger partial charge is 0.295 e. The normalized spacial score (nSPS) is 19.0. The summed E-state index contributed by atoms with van der Waals surface area (Å²) in [7, 11) is 1.54. The molecule has 25 heavy (non-hydrogen) atoms. The van der Waals surface area contributed by atoms with Gasteiger partial charge < -0.3 is 0 Å². The van der Waals surface area contributed by atoms with Gasteiger partial charge in [0.05, 0.1) is 22.5 Å². The predicted octanol–water partition coefficient (Wildman–Crippen LogP) is 2.27. The molecule has 0 aliphatic carbocycles. The molecule has 2 heterocycles. The molecule has 0 N–H and O–H groups in total. The van der Waals surface area contributed by atoms with E-state index in [-0.39, 0.29) is 12.2 Å². The van der Waals surface area contributed by atoms with Crippen molar-refractivity contribution in [1.29, 1.82) is 0 Å². The van der Waals surface area contributed by atoms with Gasteiger partial charge in [0.25, 0.3) is 5.69 Å². The van der Waals surface area contributed by atoms with Crippen molar-refractivity contribution < 1.29 is 18.1 Å². The lowest BCUT2D eigenvalue weighted by molar-refractivity contribution is -0.384. The lowest BCUT2D eigenvalue weighted by Gasteiger charge is -2.25. The lowest BCUT2D eigenvalue weighted by Crippen LogP contribution is -2.41. The Labute approximate surface area is 140 Å². The maximum Gasteiger partial charge on any atom is 0.401 e. The number of non-ortho nitro benzene ring substituents is 1. The molecule has 0 spiro atoms. The fraction of sp³-hybridized carbons (Fsp3) is 0.533. The number of alkyl halides is 3. The molecule has 1 aromatic carbocycles. The van der Waals surface area contributed by atoms with Gasteiger partial charge in [0.2, 0.25) is 0 Å². The molecule has 0 bridgehead atoms. The van der Waals surface area contributed by atoms with Crippen molar-refractivity contribution in [3.63, 3.8) is 0 Å². The van der Waals surface area contributed by atoms with Crippen molar-refractivity contribution in [2.24, 2.45) is 7.05 Å². The van der Waals surface area contributed by atoms with Gasteiger partial charge >= 0.3 is 11.9 Å². The minimum Gasteiger partial charge on any atom is -0.295 e. The van der Waals surface area contributed by atoms with Crippen molar-refractivity contribution in [3.8, 4) is 0 Å². The van der Waals surface area contributed by atoms with Crippen molar-refractivity contribution in [3.05, 3.63) is 38.8 Å². The van der Waals surface area contributed by atoms with Crippen LogP contribution in [0, 0.1) is 10.1 Å². The first-order chi connectivity index (χ1) is 11.7. The van der Waals surface area contributed by atoms with Gasteiger partial charge in [-0.1, -0.05) is 0 Å². The second-order valence-corrected chi connectivity index (χ2v) is 6.26. The molecule has 136 valence electrons. The Bertz CT molecular complexity index is 871. The highest BCUT2D eigenvalue weighted by Crippen LogP contribution is 2.26. The summed E-state index contributed by atoms with van der Waals surface area (Å²) in [5.74, 6) is 0. The summed E-state index contributed by atoms with van der Waals surface area (Å²) in [5, 5.41) is 11.0. The molecular weight excluding hydrogens is 341 g/mol. The first-order valence-corrected chi connectivity index (χ1v) is 7.82. The molecule has 1 aromatic heterocycles. The summed E-state index contributed by atoms with van der Waals surface area (Å²) in [6, 6.07) is 3.65. The molecule has 10 heteroatoms. The highest BCUT2D eigenvalue weighted by molar-refractivity contribution is 5.78. The van der Waals surface area contributed by atoms with Crippen LogP contribution in [0.2, 0.25) is 0 Å². The number of hydrogen-bond donors (Lipinski definition) is 0. The van der Waals surface area contributed by atoms with E-state index < -0.39 is 29.4 Å². The number of aryl methyl sites for hydroxylation is 1. The molecule has 1 unspecified atom stereocenters.